The highest BCUT2D eigenvalue weighted by molar-refractivity contribution is 8.18. The van der Waals surface area contributed by atoms with Crippen molar-refractivity contribution in [2.45, 2.75) is 6.92 Å². The molecule has 2 aromatic carbocycles. The number of ether oxygens (including phenoxy) is 1. The Bertz CT molecular complexity index is 1290. The molecule has 1 aliphatic heterocycles. The molecule has 1 N–H and O–H groups in total. The Kier molecular flexibility index (Phi) is 6.65. The Labute approximate surface area is 199 Å². The molecule has 3 aromatic rings. The smallest absolute Gasteiger partial charge is 0.294 e. The Hall–Kier alpha value is -4.11. The largest absolute Gasteiger partial charge is 0.497 e. The van der Waals surface area contributed by atoms with Gasteiger partial charge in [0.05, 0.1) is 12.0 Å². The number of thioether (sulfide) groups is 1. The molecule has 0 atom stereocenters. The van der Waals surface area contributed by atoms with Crippen LogP contribution in [0.1, 0.15) is 23.0 Å². The first-order chi connectivity index (χ1) is 16.3. The first-order valence-electron chi connectivity index (χ1n) is 10.2. The summed E-state index contributed by atoms with van der Waals surface area (Å²) in [5, 5.41) is 2.11. The molecule has 1 aromatic heterocycles. The van der Waals surface area contributed by atoms with Gasteiger partial charge in [-0.05, 0) is 55.1 Å². The summed E-state index contributed by atoms with van der Waals surface area (Å²) in [6.45, 7) is 1.09. The summed E-state index contributed by atoms with van der Waals surface area (Å²) in [4.78, 5) is 49.9. The zero-order valence-corrected chi connectivity index (χ0v) is 19.2. The van der Waals surface area contributed by atoms with E-state index in [9.17, 15) is 19.2 Å². The van der Waals surface area contributed by atoms with Gasteiger partial charge >= 0.3 is 0 Å². The fraction of sp³-hybridized carbons (Fsp3) is 0.120. The van der Waals surface area contributed by atoms with Gasteiger partial charge in [-0.1, -0.05) is 24.3 Å². The maximum Gasteiger partial charge on any atom is 0.294 e. The molecule has 0 bridgehead atoms. The zero-order chi connectivity index (χ0) is 24.2. The molecule has 1 saturated heterocycles. The number of imide groups is 1. The van der Waals surface area contributed by atoms with E-state index in [1.807, 2.05) is 0 Å². The van der Waals surface area contributed by atoms with Crippen LogP contribution in [0.3, 0.4) is 0 Å². The van der Waals surface area contributed by atoms with E-state index in [0.717, 1.165) is 22.2 Å². The molecule has 172 valence electrons. The van der Waals surface area contributed by atoms with Crippen molar-refractivity contribution in [3.63, 3.8) is 0 Å². The third-order valence-corrected chi connectivity index (χ3v) is 5.93. The van der Waals surface area contributed by atoms with E-state index in [2.05, 4.69) is 5.32 Å². The van der Waals surface area contributed by atoms with Crippen LogP contribution in [0.4, 0.5) is 10.5 Å². The van der Waals surface area contributed by atoms with Crippen LogP contribution in [-0.4, -0.2) is 41.4 Å². The lowest BCUT2D eigenvalue weighted by Crippen LogP contribution is -2.36. The van der Waals surface area contributed by atoms with Crippen molar-refractivity contribution in [2.24, 2.45) is 0 Å². The van der Waals surface area contributed by atoms with Crippen molar-refractivity contribution < 1.29 is 28.3 Å². The molecule has 8 nitrogen and oxygen atoms in total. The second-order valence-corrected chi connectivity index (χ2v) is 8.37. The number of anilines is 1. The Morgan fingerprint density at radius 2 is 1.74 bits per heavy atom. The van der Waals surface area contributed by atoms with Gasteiger partial charge in [0, 0.05) is 22.9 Å². The van der Waals surface area contributed by atoms with Gasteiger partial charge in [-0.2, -0.15) is 0 Å². The fourth-order valence-electron chi connectivity index (χ4n) is 3.24. The van der Waals surface area contributed by atoms with E-state index < -0.39 is 23.6 Å². The van der Waals surface area contributed by atoms with Gasteiger partial charge in [0.1, 0.15) is 23.8 Å². The first kappa shape index (κ1) is 23.1. The summed E-state index contributed by atoms with van der Waals surface area (Å²) in [7, 11) is 1.54. The molecular formula is C25H20N2O6S. The number of benzene rings is 2. The summed E-state index contributed by atoms with van der Waals surface area (Å²) in [6, 6.07) is 17.1. The van der Waals surface area contributed by atoms with E-state index in [0.29, 0.717) is 28.5 Å². The SMILES string of the molecule is COc1ccc(NC(=O)CN2C(=O)S/C(=C/c3ccc(-c4ccc(C(C)=O)cc4)o3)C2=O)cc1. The maximum atomic E-state index is 12.7. The average molecular weight is 477 g/mol. The summed E-state index contributed by atoms with van der Waals surface area (Å²) in [5.74, 6) is 0.494. The molecule has 9 heteroatoms. The van der Waals surface area contributed by atoms with Gasteiger partial charge in [0.2, 0.25) is 5.91 Å². The van der Waals surface area contributed by atoms with Crippen LogP contribution >= 0.6 is 11.8 Å². The van der Waals surface area contributed by atoms with Crippen molar-refractivity contribution in [3.05, 3.63) is 76.9 Å². The maximum absolute atomic E-state index is 12.7. The van der Waals surface area contributed by atoms with E-state index >= 15 is 0 Å². The van der Waals surface area contributed by atoms with Gasteiger partial charge in [-0.15, -0.1) is 0 Å². The Morgan fingerprint density at radius 1 is 1.03 bits per heavy atom. The molecule has 2 heterocycles. The second-order valence-electron chi connectivity index (χ2n) is 7.38. The van der Waals surface area contributed by atoms with Crippen molar-refractivity contribution in [3.8, 4) is 17.1 Å². The minimum atomic E-state index is -0.566. The lowest BCUT2D eigenvalue weighted by atomic mass is 10.1. The van der Waals surface area contributed by atoms with Crippen LogP contribution < -0.4 is 10.1 Å². The number of hydrogen-bond donors (Lipinski definition) is 1. The van der Waals surface area contributed by atoms with Crippen LogP contribution in [0.5, 0.6) is 5.75 Å². The molecule has 0 aliphatic carbocycles. The second kappa shape index (κ2) is 9.80. The van der Waals surface area contributed by atoms with Crippen LogP contribution in [0.2, 0.25) is 0 Å². The normalized spacial score (nSPS) is 14.5. The summed E-state index contributed by atoms with van der Waals surface area (Å²) in [6.07, 6.45) is 1.47. The van der Waals surface area contributed by atoms with E-state index in [-0.39, 0.29) is 10.7 Å². The number of amides is 3. The third-order valence-electron chi connectivity index (χ3n) is 5.03. The Balaban J connectivity index is 1.42. The number of nitrogens with one attached hydrogen (secondary N) is 1. The van der Waals surface area contributed by atoms with Gasteiger partial charge in [-0.25, -0.2) is 0 Å². The van der Waals surface area contributed by atoms with Crippen molar-refractivity contribution >= 4 is 46.4 Å². The van der Waals surface area contributed by atoms with Gasteiger partial charge in [-0.3, -0.25) is 24.1 Å². The highest BCUT2D eigenvalue weighted by atomic mass is 32.2. The number of carbonyl (C=O) groups excluding carboxylic acids is 4. The first-order valence-corrected chi connectivity index (χ1v) is 11.1. The predicted octanol–water partition coefficient (Wildman–Crippen LogP) is 4.83. The zero-order valence-electron chi connectivity index (χ0n) is 18.4. The van der Waals surface area contributed by atoms with Crippen molar-refractivity contribution in [1.29, 1.82) is 0 Å². The quantitative estimate of drug-likeness (QED) is 0.384. The molecule has 0 unspecified atom stereocenters. The highest BCUT2D eigenvalue weighted by Crippen LogP contribution is 2.33. The lowest BCUT2D eigenvalue weighted by Gasteiger charge is -2.12. The van der Waals surface area contributed by atoms with Crippen LogP contribution in [0, 0.1) is 0 Å². The number of carbonyl (C=O) groups is 4. The standard InChI is InChI=1S/C25H20N2O6S/c1-15(28)16-3-5-17(6-4-16)21-12-11-20(33-21)13-22-24(30)27(25(31)34-22)14-23(29)26-18-7-9-19(32-2)10-8-18/h3-13H,14H2,1-2H3,(H,26,29)/b22-13+. The van der Waals surface area contributed by atoms with Gasteiger partial charge in [0.15, 0.2) is 5.78 Å². The number of Topliss-reactive ketones (excluding diaryl/α,β-unsaturated/α-hetero) is 1. The minimum absolute atomic E-state index is 0.0277. The minimum Gasteiger partial charge on any atom is -0.497 e. The summed E-state index contributed by atoms with van der Waals surface area (Å²) in [5.41, 5.74) is 1.89. The van der Waals surface area contributed by atoms with Crippen molar-refractivity contribution in [2.75, 3.05) is 19.0 Å². The lowest BCUT2D eigenvalue weighted by molar-refractivity contribution is -0.127. The average Bonchev–Trinajstić information content (AvgIpc) is 3.40. The van der Waals surface area contributed by atoms with Gasteiger partial charge in [0.25, 0.3) is 11.1 Å². The van der Waals surface area contributed by atoms with Gasteiger partial charge < -0.3 is 14.5 Å². The summed E-state index contributed by atoms with van der Waals surface area (Å²) >= 11 is 0.745. The summed E-state index contributed by atoms with van der Waals surface area (Å²) < 4.78 is 10.9. The third kappa shape index (κ3) is 5.10. The van der Waals surface area contributed by atoms with E-state index in [1.54, 1.807) is 60.7 Å². The van der Waals surface area contributed by atoms with Crippen LogP contribution in [0.25, 0.3) is 17.4 Å². The monoisotopic (exact) mass is 476 g/mol. The molecule has 34 heavy (non-hydrogen) atoms. The van der Waals surface area contributed by atoms with E-state index in [1.165, 1.54) is 20.1 Å². The van der Waals surface area contributed by atoms with Crippen LogP contribution in [-0.2, 0) is 9.59 Å². The molecule has 3 amide bonds. The molecular weight excluding hydrogens is 456 g/mol. The fourth-order valence-corrected chi connectivity index (χ4v) is 4.06. The number of furan rings is 1. The molecule has 1 aliphatic rings. The van der Waals surface area contributed by atoms with Crippen LogP contribution in [0.15, 0.2) is 70.0 Å². The molecule has 0 saturated carbocycles. The number of hydrogen-bond acceptors (Lipinski definition) is 7. The number of ketones is 1. The molecule has 1 fully saturated rings. The van der Waals surface area contributed by atoms with Crippen molar-refractivity contribution in [1.82, 2.24) is 4.90 Å². The number of rotatable bonds is 7. The predicted molar refractivity (Wildman–Crippen MR) is 128 cm³/mol. The molecule has 0 radical (unpaired) electrons. The topological polar surface area (TPSA) is 106 Å². The number of methoxy groups -OCH3 is 1. The van der Waals surface area contributed by atoms with E-state index in [4.69, 9.17) is 9.15 Å². The highest BCUT2D eigenvalue weighted by Gasteiger charge is 2.36. The molecule has 4 rings (SSSR count). The Morgan fingerprint density at radius 3 is 2.38 bits per heavy atom. The molecule has 0 spiro atoms. The number of nitrogens with zero attached hydrogens (tertiary/aromatic N) is 1.